The molecule has 0 aliphatic rings. The minimum atomic E-state index is 0.133. The highest BCUT2D eigenvalue weighted by Gasteiger charge is 2.04. The highest BCUT2D eigenvalue weighted by Crippen LogP contribution is 2.20. The molecule has 0 fully saturated rings. The average molecular weight is 340 g/mol. The van der Waals surface area contributed by atoms with Crippen LogP contribution < -0.4 is 10.1 Å². The summed E-state index contributed by atoms with van der Waals surface area (Å²) < 4.78 is 5.55. The molecule has 1 N–H and O–H groups in total. The SMILES string of the molecule is CCOc1ccc(CCCC(=O)NCCCc2cccnc2)cc1C. The first-order chi connectivity index (χ1) is 12.2. The molecular weight excluding hydrogens is 312 g/mol. The number of hydrogen-bond acceptors (Lipinski definition) is 3. The predicted molar refractivity (Wildman–Crippen MR) is 101 cm³/mol. The van der Waals surface area contributed by atoms with Crippen LogP contribution in [0.1, 0.15) is 42.9 Å². The van der Waals surface area contributed by atoms with Crippen molar-refractivity contribution in [3.05, 3.63) is 59.4 Å². The zero-order valence-corrected chi connectivity index (χ0v) is 15.3. The fourth-order valence-electron chi connectivity index (χ4n) is 2.79. The van der Waals surface area contributed by atoms with E-state index in [-0.39, 0.29) is 5.91 Å². The number of carbonyl (C=O) groups excluding carboxylic acids is 1. The van der Waals surface area contributed by atoms with Gasteiger partial charge in [-0.3, -0.25) is 9.78 Å². The number of aromatic nitrogens is 1. The lowest BCUT2D eigenvalue weighted by Crippen LogP contribution is -2.24. The Morgan fingerprint density at radius 2 is 2.00 bits per heavy atom. The minimum absolute atomic E-state index is 0.133. The van der Waals surface area contributed by atoms with E-state index in [1.807, 2.05) is 25.3 Å². The second-order valence-corrected chi connectivity index (χ2v) is 6.20. The fourth-order valence-corrected chi connectivity index (χ4v) is 2.79. The second kappa shape index (κ2) is 10.5. The number of nitrogens with zero attached hydrogens (tertiary/aromatic N) is 1. The van der Waals surface area contributed by atoms with Gasteiger partial charge >= 0.3 is 0 Å². The number of hydrogen-bond donors (Lipinski definition) is 1. The Morgan fingerprint density at radius 3 is 2.72 bits per heavy atom. The summed E-state index contributed by atoms with van der Waals surface area (Å²) >= 11 is 0. The van der Waals surface area contributed by atoms with Gasteiger partial charge < -0.3 is 10.1 Å². The topological polar surface area (TPSA) is 51.2 Å². The van der Waals surface area contributed by atoms with Crippen molar-refractivity contribution in [1.82, 2.24) is 10.3 Å². The van der Waals surface area contributed by atoms with E-state index in [9.17, 15) is 4.79 Å². The van der Waals surface area contributed by atoms with Gasteiger partial charge in [0.1, 0.15) is 5.75 Å². The van der Waals surface area contributed by atoms with Crippen LogP contribution in [0.4, 0.5) is 0 Å². The van der Waals surface area contributed by atoms with Crippen LogP contribution in [0.5, 0.6) is 5.75 Å². The third kappa shape index (κ3) is 6.96. The van der Waals surface area contributed by atoms with Crippen LogP contribution in [0.15, 0.2) is 42.7 Å². The van der Waals surface area contributed by atoms with Gasteiger partial charge in [-0.05, 0) is 68.4 Å². The van der Waals surface area contributed by atoms with E-state index in [4.69, 9.17) is 4.74 Å². The summed E-state index contributed by atoms with van der Waals surface area (Å²) in [7, 11) is 0. The number of pyridine rings is 1. The third-order valence-corrected chi connectivity index (χ3v) is 4.10. The molecular formula is C21H28N2O2. The lowest BCUT2D eigenvalue weighted by Gasteiger charge is -2.09. The molecule has 0 saturated heterocycles. The van der Waals surface area contributed by atoms with Crippen molar-refractivity contribution in [2.45, 2.75) is 46.0 Å². The molecule has 0 radical (unpaired) electrons. The summed E-state index contributed by atoms with van der Waals surface area (Å²) in [5, 5.41) is 3.00. The Morgan fingerprint density at radius 1 is 1.16 bits per heavy atom. The van der Waals surface area contributed by atoms with Gasteiger partial charge in [0.25, 0.3) is 0 Å². The van der Waals surface area contributed by atoms with Crippen molar-refractivity contribution in [2.75, 3.05) is 13.2 Å². The number of nitrogens with one attached hydrogen (secondary N) is 1. The van der Waals surface area contributed by atoms with Gasteiger partial charge in [0.15, 0.2) is 0 Å². The molecule has 1 aromatic carbocycles. The fraction of sp³-hybridized carbons (Fsp3) is 0.429. The summed E-state index contributed by atoms with van der Waals surface area (Å²) in [6.45, 7) is 5.45. The first-order valence-electron chi connectivity index (χ1n) is 9.07. The zero-order valence-electron chi connectivity index (χ0n) is 15.3. The van der Waals surface area contributed by atoms with Crippen molar-refractivity contribution >= 4 is 5.91 Å². The number of amides is 1. The van der Waals surface area contributed by atoms with Crippen LogP contribution >= 0.6 is 0 Å². The van der Waals surface area contributed by atoms with Gasteiger partial charge in [-0.1, -0.05) is 18.2 Å². The molecule has 0 atom stereocenters. The zero-order chi connectivity index (χ0) is 17.9. The lowest BCUT2D eigenvalue weighted by atomic mass is 10.0. The monoisotopic (exact) mass is 340 g/mol. The average Bonchev–Trinajstić information content (AvgIpc) is 2.62. The van der Waals surface area contributed by atoms with Crippen molar-refractivity contribution in [1.29, 1.82) is 0 Å². The van der Waals surface area contributed by atoms with Gasteiger partial charge in [-0.25, -0.2) is 0 Å². The maximum Gasteiger partial charge on any atom is 0.220 e. The maximum absolute atomic E-state index is 11.9. The summed E-state index contributed by atoms with van der Waals surface area (Å²) in [5.41, 5.74) is 3.62. The highest BCUT2D eigenvalue weighted by molar-refractivity contribution is 5.75. The van der Waals surface area contributed by atoms with Crippen LogP contribution in [0.25, 0.3) is 0 Å². The van der Waals surface area contributed by atoms with Gasteiger partial charge in [-0.15, -0.1) is 0 Å². The smallest absolute Gasteiger partial charge is 0.220 e. The molecule has 0 spiro atoms. The van der Waals surface area contributed by atoms with Crippen LogP contribution in [-0.4, -0.2) is 24.0 Å². The molecule has 0 aliphatic heterocycles. The summed E-state index contributed by atoms with van der Waals surface area (Å²) in [5.74, 6) is 1.08. The molecule has 1 amide bonds. The van der Waals surface area contributed by atoms with Crippen molar-refractivity contribution in [3.8, 4) is 5.75 Å². The Kier molecular flexibility index (Phi) is 7.96. The largest absolute Gasteiger partial charge is 0.494 e. The van der Waals surface area contributed by atoms with E-state index in [1.165, 1.54) is 11.1 Å². The Bertz CT molecular complexity index is 656. The van der Waals surface area contributed by atoms with E-state index in [2.05, 4.69) is 35.4 Å². The molecule has 2 rings (SSSR count). The van der Waals surface area contributed by atoms with E-state index < -0.39 is 0 Å². The van der Waals surface area contributed by atoms with Crippen molar-refractivity contribution < 1.29 is 9.53 Å². The summed E-state index contributed by atoms with van der Waals surface area (Å²) in [4.78, 5) is 16.0. The normalized spacial score (nSPS) is 10.5. The molecule has 25 heavy (non-hydrogen) atoms. The summed E-state index contributed by atoms with van der Waals surface area (Å²) in [6, 6.07) is 10.3. The van der Waals surface area contributed by atoms with Crippen molar-refractivity contribution in [3.63, 3.8) is 0 Å². The first kappa shape index (κ1) is 19.0. The number of carbonyl (C=O) groups is 1. The summed E-state index contributed by atoms with van der Waals surface area (Å²) in [6.07, 6.45) is 7.88. The molecule has 134 valence electrons. The van der Waals surface area contributed by atoms with Crippen LogP contribution in [0, 0.1) is 6.92 Å². The lowest BCUT2D eigenvalue weighted by molar-refractivity contribution is -0.121. The van der Waals surface area contributed by atoms with Gasteiger partial charge in [-0.2, -0.15) is 0 Å². The molecule has 2 aromatic rings. The Balaban J connectivity index is 1.61. The number of aryl methyl sites for hydroxylation is 3. The molecule has 1 heterocycles. The molecule has 0 bridgehead atoms. The Labute approximate surface area is 150 Å². The maximum atomic E-state index is 11.9. The van der Waals surface area contributed by atoms with E-state index in [0.29, 0.717) is 13.0 Å². The van der Waals surface area contributed by atoms with Crippen LogP contribution in [0.3, 0.4) is 0 Å². The number of rotatable bonds is 10. The molecule has 0 saturated carbocycles. The molecule has 0 unspecified atom stereocenters. The van der Waals surface area contributed by atoms with Gasteiger partial charge in [0.2, 0.25) is 5.91 Å². The standard InChI is InChI=1S/C21H28N2O2/c1-3-25-20-12-11-18(15-17(20)2)7-4-10-21(24)23-14-6-9-19-8-5-13-22-16-19/h5,8,11-13,15-16H,3-4,6-7,9-10,14H2,1-2H3,(H,23,24). The van der Waals surface area contributed by atoms with Gasteiger partial charge in [0, 0.05) is 25.4 Å². The van der Waals surface area contributed by atoms with Crippen LogP contribution in [-0.2, 0) is 17.6 Å². The predicted octanol–water partition coefficient (Wildman–Crippen LogP) is 3.86. The number of benzene rings is 1. The molecule has 4 heteroatoms. The van der Waals surface area contributed by atoms with E-state index >= 15 is 0 Å². The molecule has 0 aliphatic carbocycles. The number of ether oxygens (including phenoxy) is 1. The third-order valence-electron chi connectivity index (χ3n) is 4.10. The molecule has 1 aromatic heterocycles. The molecule has 4 nitrogen and oxygen atoms in total. The Hall–Kier alpha value is -2.36. The van der Waals surface area contributed by atoms with E-state index in [1.54, 1.807) is 6.20 Å². The first-order valence-corrected chi connectivity index (χ1v) is 9.07. The second-order valence-electron chi connectivity index (χ2n) is 6.20. The van der Waals surface area contributed by atoms with Crippen molar-refractivity contribution in [2.24, 2.45) is 0 Å². The minimum Gasteiger partial charge on any atom is -0.494 e. The quantitative estimate of drug-likeness (QED) is 0.668. The van der Waals surface area contributed by atoms with Crippen LogP contribution in [0.2, 0.25) is 0 Å². The highest BCUT2D eigenvalue weighted by atomic mass is 16.5. The van der Waals surface area contributed by atoms with E-state index in [0.717, 1.165) is 43.5 Å². The van der Waals surface area contributed by atoms with Gasteiger partial charge in [0.05, 0.1) is 6.61 Å².